The van der Waals surface area contributed by atoms with Crippen molar-refractivity contribution in [2.45, 2.75) is 0 Å². The van der Waals surface area contributed by atoms with E-state index in [1.165, 1.54) is 4.57 Å². The Labute approximate surface area is 158 Å². The van der Waals surface area contributed by atoms with Gasteiger partial charge >= 0.3 is 0 Å². The molecule has 3 aromatic heterocycles. The molecular weight excluding hydrogens is 354 g/mol. The van der Waals surface area contributed by atoms with Gasteiger partial charge in [-0.1, -0.05) is 47.7 Å². The lowest BCUT2D eigenvalue weighted by molar-refractivity contribution is 0.819. The van der Waals surface area contributed by atoms with Crippen LogP contribution < -0.4 is 5.56 Å². The van der Waals surface area contributed by atoms with E-state index in [2.05, 4.69) is 15.3 Å². The Bertz CT molecular complexity index is 1450. The number of hydrogen-bond donors (Lipinski definition) is 0. The minimum atomic E-state index is -0.137. The number of nitriles is 1. The zero-order valence-corrected chi connectivity index (χ0v) is 14.8. The van der Waals surface area contributed by atoms with Crippen LogP contribution in [0.2, 0.25) is 0 Å². The third kappa shape index (κ3) is 2.10. The predicted octanol–water partition coefficient (Wildman–Crippen LogP) is 2.44. The van der Waals surface area contributed by atoms with Gasteiger partial charge in [0.25, 0.3) is 5.56 Å². The summed E-state index contributed by atoms with van der Waals surface area (Å²) in [6, 6.07) is 16.8. The molecule has 0 saturated carbocycles. The first-order valence-electron chi connectivity index (χ1n) is 8.57. The second kappa shape index (κ2) is 5.89. The van der Waals surface area contributed by atoms with E-state index in [0.29, 0.717) is 28.1 Å². The second-order valence-electron chi connectivity index (χ2n) is 6.33. The molecule has 0 aliphatic carbocycles. The fraction of sp³-hybridized carbons (Fsp3) is 0.0500. The molecular formula is C20H13N7O. The Hall–Kier alpha value is -4.25. The summed E-state index contributed by atoms with van der Waals surface area (Å²) >= 11 is 0. The molecule has 5 aromatic rings. The second-order valence-corrected chi connectivity index (χ2v) is 6.33. The molecule has 0 bridgehead atoms. The van der Waals surface area contributed by atoms with Crippen LogP contribution in [0.1, 0.15) is 0 Å². The summed E-state index contributed by atoms with van der Waals surface area (Å²) in [5.74, 6) is 0. The summed E-state index contributed by atoms with van der Waals surface area (Å²) in [5.41, 5.74) is 3.44. The van der Waals surface area contributed by atoms with Gasteiger partial charge in [0.2, 0.25) is 6.19 Å². The standard InChI is InChI=1S/C20H13N7O/c1-25-19-17(22-12-26(19)15-10-6-5-9-14(15)20(25)28)18-16(23-24-27(18)11-21)13-7-3-2-4-8-13/h2-10,12H,1H3. The van der Waals surface area contributed by atoms with Gasteiger partial charge in [-0.2, -0.15) is 5.26 Å². The lowest BCUT2D eigenvalue weighted by atomic mass is 10.1. The molecule has 8 heteroatoms. The third-order valence-electron chi connectivity index (χ3n) is 4.80. The van der Waals surface area contributed by atoms with Crippen molar-refractivity contribution in [1.82, 2.24) is 28.9 Å². The molecule has 0 fully saturated rings. The minimum Gasteiger partial charge on any atom is -0.295 e. The van der Waals surface area contributed by atoms with Crippen LogP contribution in [0.3, 0.4) is 0 Å². The summed E-state index contributed by atoms with van der Waals surface area (Å²) in [6.07, 6.45) is 3.67. The summed E-state index contributed by atoms with van der Waals surface area (Å²) in [6.45, 7) is 0. The molecule has 134 valence electrons. The smallest absolute Gasteiger partial charge is 0.261 e. The normalized spacial score (nSPS) is 11.1. The van der Waals surface area contributed by atoms with E-state index in [4.69, 9.17) is 0 Å². The molecule has 8 nitrogen and oxygen atoms in total. The van der Waals surface area contributed by atoms with Crippen molar-refractivity contribution >= 4 is 16.6 Å². The Balaban J connectivity index is 1.91. The summed E-state index contributed by atoms with van der Waals surface area (Å²) in [7, 11) is 1.69. The molecule has 2 aromatic carbocycles. The Morgan fingerprint density at radius 2 is 1.75 bits per heavy atom. The monoisotopic (exact) mass is 367 g/mol. The van der Waals surface area contributed by atoms with Crippen molar-refractivity contribution in [2.24, 2.45) is 7.05 Å². The molecule has 5 rings (SSSR count). The van der Waals surface area contributed by atoms with Crippen LogP contribution in [0.15, 0.2) is 65.7 Å². The number of hydrogen-bond acceptors (Lipinski definition) is 5. The molecule has 0 aliphatic heterocycles. The average molecular weight is 367 g/mol. The highest BCUT2D eigenvalue weighted by Gasteiger charge is 2.23. The molecule has 0 aliphatic rings. The highest BCUT2D eigenvalue weighted by molar-refractivity contribution is 5.88. The maximum Gasteiger partial charge on any atom is 0.261 e. The number of rotatable bonds is 2. The van der Waals surface area contributed by atoms with Crippen LogP contribution in [0.5, 0.6) is 0 Å². The lowest BCUT2D eigenvalue weighted by Crippen LogP contribution is -2.19. The topological polar surface area (TPSA) is 93.8 Å². The van der Waals surface area contributed by atoms with Gasteiger partial charge in [-0.3, -0.25) is 13.8 Å². The Morgan fingerprint density at radius 1 is 1.00 bits per heavy atom. The Kier molecular flexibility index (Phi) is 3.36. The number of nitrogens with zero attached hydrogens (tertiary/aromatic N) is 7. The van der Waals surface area contributed by atoms with Gasteiger partial charge in [0.05, 0.1) is 10.9 Å². The van der Waals surface area contributed by atoms with E-state index in [9.17, 15) is 10.1 Å². The molecule has 28 heavy (non-hydrogen) atoms. The maximum absolute atomic E-state index is 12.9. The largest absolute Gasteiger partial charge is 0.295 e. The van der Waals surface area contributed by atoms with Crippen molar-refractivity contribution in [3.05, 3.63) is 71.3 Å². The van der Waals surface area contributed by atoms with E-state index >= 15 is 0 Å². The first-order chi connectivity index (χ1) is 13.7. The predicted molar refractivity (Wildman–Crippen MR) is 103 cm³/mol. The number of aryl methyl sites for hydroxylation is 1. The van der Waals surface area contributed by atoms with E-state index in [1.807, 2.05) is 59.1 Å². The van der Waals surface area contributed by atoms with Gasteiger partial charge in [0.15, 0.2) is 0 Å². The van der Waals surface area contributed by atoms with Crippen molar-refractivity contribution < 1.29 is 0 Å². The number of benzene rings is 2. The Morgan fingerprint density at radius 3 is 2.54 bits per heavy atom. The quantitative estimate of drug-likeness (QED) is 0.478. The molecule has 0 unspecified atom stereocenters. The summed E-state index contributed by atoms with van der Waals surface area (Å²) in [5, 5.41) is 18.3. The first-order valence-corrected chi connectivity index (χ1v) is 8.57. The fourth-order valence-corrected chi connectivity index (χ4v) is 3.50. The molecule has 0 radical (unpaired) electrons. The van der Waals surface area contributed by atoms with Crippen LogP contribution in [0.25, 0.3) is 39.2 Å². The first kappa shape index (κ1) is 16.0. The van der Waals surface area contributed by atoms with Gasteiger partial charge in [0.1, 0.15) is 29.1 Å². The lowest BCUT2D eigenvalue weighted by Gasteiger charge is -2.08. The third-order valence-corrected chi connectivity index (χ3v) is 4.80. The molecule has 0 atom stereocenters. The maximum atomic E-state index is 12.9. The minimum absolute atomic E-state index is 0.137. The van der Waals surface area contributed by atoms with Crippen LogP contribution in [0.4, 0.5) is 0 Å². The molecule has 0 spiro atoms. The zero-order chi connectivity index (χ0) is 19.3. The zero-order valence-electron chi connectivity index (χ0n) is 14.8. The molecule has 3 heterocycles. The van der Waals surface area contributed by atoms with E-state index in [-0.39, 0.29) is 5.56 Å². The van der Waals surface area contributed by atoms with Crippen LogP contribution in [0, 0.1) is 11.5 Å². The van der Waals surface area contributed by atoms with E-state index in [1.54, 1.807) is 19.4 Å². The fourth-order valence-electron chi connectivity index (χ4n) is 3.50. The number of imidazole rings is 1. The summed E-state index contributed by atoms with van der Waals surface area (Å²) in [4.78, 5) is 17.4. The molecule has 0 saturated heterocycles. The van der Waals surface area contributed by atoms with Gasteiger partial charge in [-0.25, -0.2) is 4.98 Å². The number of aromatic nitrogens is 6. The molecule has 0 N–H and O–H groups in total. The van der Waals surface area contributed by atoms with Crippen molar-refractivity contribution in [3.8, 4) is 28.8 Å². The van der Waals surface area contributed by atoms with E-state index < -0.39 is 0 Å². The highest BCUT2D eigenvalue weighted by atomic mass is 16.1. The van der Waals surface area contributed by atoms with Gasteiger partial charge in [0, 0.05) is 12.6 Å². The van der Waals surface area contributed by atoms with Crippen molar-refractivity contribution in [3.63, 3.8) is 0 Å². The van der Waals surface area contributed by atoms with Crippen LogP contribution in [-0.2, 0) is 7.05 Å². The van der Waals surface area contributed by atoms with Crippen LogP contribution in [-0.4, -0.2) is 28.9 Å². The number of fused-ring (bicyclic) bond motifs is 3. The van der Waals surface area contributed by atoms with Crippen molar-refractivity contribution in [2.75, 3.05) is 0 Å². The van der Waals surface area contributed by atoms with Crippen LogP contribution >= 0.6 is 0 Å². The molecule has 0 amide bonds. The number of para-hydroxylation sites is 1. The van der Waals surface area contributed by atoms with Crippen molar-refractivity contribution in [1.29, 1.82) is 5.26 Å². The highest BCUT2D eigenvalue weighted by Crippen LogP contribution is 2.32. The van der Waals surface area contributed by atoms with Gasteiger partial charge < -0.3 is 0 Å². The van der Waals surface area contributed by atoms with E-state index in [0.717, 1.165) is 15.8 Å². The summed E-state index contributed by atoms with van der Waals surface area (Å²) < 4.78 is 4.51. The van der Waals surface area contributed by atoms with Gasteiger partial charge in [-0.15, -0.1) is 9.78 Å². The SMILES string of the molecule is Cn1c(=O)c2ccccc2n2cnc(-c3c(-c4ccccc4)nnn3C#N)c12. The van der Waals surface area contributed by atoms with Gasteiger partial charge in [-0.05, 0) is 12.1 Å². The average Bonchev–Trinajstić information content (AvgIpc) is 3.36.